The van der Waals surface area contributed by atoms with Gasteiger partial charge in [-0.3, -0.25) is 0 Å². The van der Waals surface area contributed by atoms with Crippen molar-refractivity contribution in [3.05, 3.63) is 0 Å². The molecule has 1 aliphatic rings. The first kappa shape index (κ1) is 15.0. The molecule has 0 amide bonds. The number of piperidine rings is 1. The van der Waals surface area contributed by atoms with Crippen molar-refractivity contribution in [2.24, 2.45) is 0 Å². The van der Waals surface area contributed by atoms with Crippen LogP contribution in [0.15, 0.2) is 0 Å². The molecule has 0 N–H and O–H groups in total. The van der Waals surface area contributed by atoms with Gasteiger partial charge in [0.05, 0.1) is 0 Å². The normalized spacial score (nSPS) is 21.9. The van der Waals surface area contributed by atoms with Crippen molar-refractivity contribution in [1.82, 2.24) is 4.90 Å². The summed E-state index contributed by atoms with van der Waals surface area (Å²) in [6.07, 6.45) is 15.8. The molecule has 1 nitrogen and oxygen atoms in total. The van der Waals surface area contributed by atoms with E-state index in [0.29, 0.717) is 0 Å². The van der Waals surface area contributed by atoms with Crippen LogP contribution >= 0.6 is 0 Å². The van der Waals surface area contributed by atoms with Crippen LogP contribution in [0.25, 0.3) is 0 Å². The van der Waals surface area contributed by atoms with Crippen LogP contribution in [0.2, 0.25) is 0 Å². The highest BCUT2D eigenvalue weighted by Gasteiger charge is 2.20. The van der Waals surface area contributed by atoms with E-state index in [1.807, 2.05) is 0 Å². The van der Waals surface area contributed by atoms with E-state index in [0.717, 1.165) is 6.04 Å². The van der Waals surface area contributed by atoms with Gasteiger partial charge >= 0.3 is 0 Å². The van der Waals surface area contributed by atoms with Gasteiger partial charge in [-0.25, -0.2) is 0 Å². The van der Waals surface area contributed by atoms with Gasteiger partial charge in [0, 0.05) is 6.04 Å². The van der Waals surface area contributed by atoms with Gasteiger partial charge in [-0.1, -0.05) is 58.8 Å². The number of rotatable bonds is 9. The maximum Gasteiger partial charge on any atom is 0.00951 e. The van der Waals surface area contributed by atoms with Gasteiger partial charge in [0.25, 0.3) is 0 Å². The summed E-state index contributed by atoms with van der Waals surface area (Å²) >= 11 is 0. The molecular weight excluding hydrogens is 206 g/mol. The van der Waals surface area contributed by atoms with Crippen molar-refractivity contribution < 1.29 is 0 Å². The Morgan fingerprint density at radius 2 is 1.65 bits per heavy atom. The summed E-state index contributed by atoms with van der Waals surface area (Å²) in [6, 6.07) is 0.921. The molecule has 0 bridgehead atoms. The molecule has 0 aromatic carbocycles. The van der Waals surface area contributed by atoms with Crippen LogP contribution in [0.4, 0.5) is 0 Å². The van der Waals surface area contributed by atoms with E-state index in [-0.39, 0.29) is 0 Å². The Morgan fingerprint density at radius 1 is 0.882 bits per heavy atom. The lowest BCUT2D eigenvalue weighted by molar-refractivity contribution is 0.137. The van der Waals surface area contributed by atoms with E-state index in [1.165, 1.54) is 83.7 Å². The fourth-order valence-electron chi connectivity index (χ4n) is 3.11. The zero-order chi connectivity index (χ0) is 12.3. The predicted octanol–water partition coefficient (Wildman–Crippen LogP) is 5.00. The van der Waals surface area contributed by atoms with Crippen LogP contribution < -0.4 is 0 Å². The van der Waals surface area contributed by atoms with E-state index in [4.69, 9.17) is 0 Å². The summed E-state index contributed by atoms with van der Waals surface area (Å²) in [5, 5.41) is 0. The van der Waals surface area contributed by atoms with Crippen LogP contribution in [0.3, 0.4) is 0 Å². The van der Waals surface area contributed by atoms with E-state index < -0.39 is 0 Å². The lowest BCUT2D eigenvalue weighted by Gasteiger charge is -2.35. The number of hydrogen-bond donors (Lipinski definition) is 0. The summed E-state index contributed by atoms with van der Waals surface area (Å²) in [5.41, 5.74) is 0. The average molecular weight is 239 g/mol. The number of nitrogens with zero attached hydrogens (tertiary/aromatic N) is 1. The van der Waals surface area contributed by atoms with Crippen molar-refractivity contribution in [2.45, 2.75) is 90.5 Å². The fourth-order valence-corrected chi connectivity index (χ4v) is 3.11. The highest BCUT2D eigenvalue weighted by atomic mass is 15.2. The third-order valence-electron chi connectivity index (χ3n) is 4.17. The number of unbranched alkanes of at least 4 members (excludes halogenated alkanes) is 5. The maximum atomic E-state index is 2.78. The molecule has 0 aromatic heterocycles. The SMILES string of the molecule is CCCCCCCCN1CCCCC1CCC. The molecule has 0 spiro atoms. The van der Waals surface area contributed by atoms with Gasteiger partial charge in [-0.2, -0.15) is 0 Å². The Bertz CT molecular complexity index is 165. The monoisotopic (exact) mass is 239 g/mol. The third-order valence-corrected chi connectivity index (χ3v) is 4.17. The predicted molar refractivity (Wildman–Crippen MR) is 77.5 cm³/mol. The molecule has 1 heterocycles. The molecular formula is C16H33N. The van der Waals surface area contributed by atoms with E-state index in [1.54, 1.807) is 0 Å². The summed E-state index contributed by atoms with van der Waals surface area (Å²) in [4.78, 5) is 2.78. The highest BCUT2D eigenvalue weighted by molar-refractivity contribution is 4.76. The second kappa shape index (κ2) is 9.94. The number of likely N-dealkylation sites (tertiary alicyclic amines) is 1. The Morgan fingerprint density at radius 3 is 2.41 bits per heavy atom. The first-order valence-corrected chi connectivity index (χ1v) is 8.12. The molecule has 1 saturated heterocycles. The van der Waals surface area contributed by atoms with Crippen LogP contribution in [-0.4, -0.2) is 24.0 Å². The van der Waals surface area contributed by atoms with Crippen molar-refractivity contribution >= 4 is 0 Å². The molecule has 17 heavy (non-hydrogen) atoms. The first-order valence-electron chi connectivity index (χ1n) is 8.12. The molecule has 0 aliphatic carbocycles. The Balaban J connectivity index is 2.06. The Hall–Kier alpha value is -0.0400. The lowest BCUT2D eigenvalue weighted by Crippen LogP contribution is -2.39. The number of hydrogen-bond acceptors (Lipinski definition) is 1. The van der Waals surface area contributed by atoms with E-state index in [2.05, 4.69) is 18.7 Å². The molecule has 1 rings (SSSR count). The Kier molecular flexibility index (Phi) is 8.78. The van der Waals surface area contributed by atoms with Gasteiger partial charge in [0.15, 0.2) is 0 Å². The summed E-state index contributed by atoms with van der Waals surface area (Å²) < 4.78 is 0. The lowest BCUT2D eigenvalue weighted by atomic mass is 9.98. The molecule has 0 aromatic rings. The van der Waals surface area contributed by atoms with E-state index in [9.17, 15) is 0 Å². The maximum absolute atomic E-state index is 2.78. The van der Waals surface area contributed by atoms with Gasteiger partial charge < -0.3 is 4.90 Å². The van der Waals surface area contributed by atoms with Crippen molar-refractivity contribution in [1.29, 1.82) is 0 Å². The van der Waals surface area contributed by atoms with Gasteiger partial charge in [-0.05, 0) is 38.8 Å². The van der Waals surface area contributed by atoms with Crippen molar-refractivity contribution in [3.63, 3.8) is 0 Å². The molecule has 1 atom stereocenters. The first-order chi connectivity index (χ1) is 8.38. The molecule has 1 aliphatic heterocycles. The molecule has 1 unspecified atom stereocenters. The van der Waals surface area contributed by atoms with Crippen LogP contribution in [0, 0.1) is 0 Å². The average Bonchev–Trinajstić information content (AvgIpc) is 2.36. The van der Waals surface area contributed by atoms with Crippen LogP contribution in [0.5, 0.6) is 0 Å². The van der Waals surface area contributed by atoms with Crippen LogP contribution in [-0.2, 0) is 0 Å². The second-order valence-corrected chi connectivity index (χ2v) is 5.74. The summed E-state index contributed by atoms with van der Waals surface area (Å²) in [7, 11) is 0. The smallest absolute Gasteiger partial charge is 0.00951 e. The molecule has 1 heteroatoms. The zero-order valence-corrected chi connectivity index (χ0v) is 12.2. The summed E-state index contributed by atoms with van der Waals surface area (Å²) in [6.45, 7) is 7.37. The molecule has 0 saturated carbocycles. The van der Waals surface area contributed by atoms with Gasteiger partial charge in [0.1, 0.15) is 0 Å². The summed E-state index contributed by atoms with van der Waals surface area (Å²) in [5.74, 6) is 0. The molecule has 1 fully saturated rings. The van der Waals surface area contributed by atoms with Gasteiger partial charge in [-0.15, -0.1) is 0 Å². The van der Waals surface area contributed by atoms with Crippen molar-refractivity contribution in [2.75, 3.05) is 13.1 Å². The Labute approximate surface area is 109 Å². The topological polar surface area (TPSA) is 3.24 Å². The second-order valence-electron chi connectivity index (χ2n) is 5.74. The van der Waals surface area contributed by atoms with Crippen LogP contribution in [0.1, 0.15) is 84.5 Å². The zero-order valence-electron chi connectivity index (χ0n) is 12.2. The van der Waals surface area contributed by atoms with Crippen molar-refractivity contribution in [3.8, 4) is 0 Å². The standard InChI is InChI=1S/C16H33N/c1-3-5-6-7-8-10-14-17-15-11-9-13-16(17)12-4-2/h16H,3-15H2,1-2H3. The fraction of sp³-hybridized carbons (Fsp3) is 1.00. The minimum Gasteiger partial charge on any atom is -0.300 e. The third kappa shape index (κ3) is 6.45. The highest BCUT2D eigenvalue weighted by Crippen LogP contribution is 2.21. The van der Waals surface area contributed by atoms with E-state index >= 15 is 0 Å². The molecule has 102 valence electrons. The molecule has 0 radical (unpaired) electrons. The minimum absolute atomic E-state index is 0.921. The quantitative estimate of drug-likeness (QED) is 0.512. The minimum atomic E-state index is 0.921. The van der Waals surface area contributed by atoms with Gasteiger partial charge in [0.2, 0.25) is 0 Å². The largest absolute Gasteiger partial charge is 0.300 e.